The van der Waals surface area contributed by atoms with Gasteiger partial charge in [0, 0.05) is 49.3 Å². The summed E-state index contributed by atoms with van der Waals surface area (Å²) in [5.74, 6) is -0.0118. The number of aromatic nitrogens is 1. The van der Waals surface area contributed by atoms with Gasteiger partial charge in [-0.15, -0.1) is 0 Å². The van der Waals surface area contributed by atoms with Crippen molar-refractivity contribution in [2.75, 3.05) is 19.6 Å². The van der Waals surface area contributed by atoms with E-state index in [1.165, 1.54) is 21.4 Å². The Balaban J connectivity index is 1.33. The van der Waals surface area contributed by atoms with Crippen molar-refractivity contribution < 1.29 is 9.59 Å². The van der Waals surface area contributed by atoms with Crippen molar-refractivity contribution in [2.24, 2.45) is 0 Å². The van der Waals surface area contributed by atoms with Crippen molar-refractivity contribution in [3.8, 4) is 0 Å². The van der Waals surface area contributed by atoms with Gasteiger partial charge in [-0.25, -0.2) is 4.79 Å². The average Bonchev–Trinajstić information content (AvgIpc) is 3.31. The van der Waals surface area contributed by atoms with Gasteiger partial charge in [0.05, 0.1) is 0 Å². The molecule has 172 valence electrons. The molecule has 2 saturated heterocycles. The summed E-state index contributed by atoms with van der Waals surface area (Å²) in [7, 11) is 0. The Morgan fingerprint density at radius 1 is 0.970 bits per heavy atom. The molecule has 33 heavy (non-hydrogen) atoms. The van der Waals surface area contributed by atoms with Crippen molar-refractivity contribution in [3.05, 3.63) is 71.9 Å². The van der Waals surface area contributed by atoms with Gasteiger partial charge in [-0.05, 0) is 50.3 Å². The molecule has 2 aromatic carbocycles. The van der Waals surface area contributed by atoms with E-state index in [9.17, 15) is 9.59 Å². The fraction of sp³-hybridized carbons (Fsp3) is 0.407. The van der Waals surface area contributed by atoms with Crippen LogP contribution in [0.1, 0.15) is 37.8 Å². The maximum Gasteiger partial charge on any atom is 0.327 e. The first-order valence-electron chi connectivity index (χ1n) is 12.0. The molecule has 0 atom stereocenters. The molecule has 0 unspecified atom stereocenters. The van der Waals surface area contributed by atoms with Crippen molar-refractivity contribution in [1.82, 2.24) is 19.7 Å². The zero-order chi connectivity index (χ0) is 23.0. The number of H-pyrrole nitrogens is 1. The van der Waals surface area contributed by atoms with Crippen LogP contribution in [0.3, 0.4) is 0 Å². The molecule has 0 saturated carbocycles. The molecule has 0 bridgehead atoms. The summed E-state index contributed by atoms with van der Waals surface area (Å²) in [6.45, 7) is 6.87. The lowest BCUT2D eigenvalue weighted by atomic mass is 9.85. The number of rotatable bonds is 6. The fourth-order valence-electron chi connectivity index (χ4n) is 5.46. The average molecular weight is 445 g/mol. The highest BCUT2D eigenvalue weighted by atomic mass is 16.2. The molecule has 2 fully saturated rings. The Bertz CT molecular complexity index is 1150. The predicted molar refractivity (Wildman–Crippen MR) is 130 cm³/mol. The highest BCUT2D eigenvalue weighted by molar-refractivity contribution is 6.07. The number of para-hydroxylation sites is 1. The molecule has 6 heteroatoms. The number of piperidine rings is 1. The summed E-state index contributed by atoms with van der Waals surface area (Å²) in [5, 5.41) is 1.25. The highest BCUT2D eigenvalue weighted by Gasteiger charge is 2.58. The number of imide groups is 1. The Labute approximate surface area is 195 Å². The maximum absolute atomic E-state index is 13.6. The van der Waals surface area contributed by atoms with Gasteiger partial charge < -0.3 is 9.88 Å². The van der Waals surface area contributed by atoms with Gasteiger partial charge >= 0.3 is 6.03 Å². The van der Waals surface area contributed by atoms with Crippen LogP contribution in [0.25, 0.3) is 10.9 Å². The number of amides is 3. The first kappa shape index (κ1) is 21.7. The molecular formula is C27H32N4O2. The lowest BCUT2D eigenvalue weighted by Crippen LogP contribution is -2.56. The quantitative estimate of drug-likeness (QED) is 0.573. The molecule has 3 aromatic rings. The Morgan fingerprint density at radius 2 is 1.67 bits per heavy atom. The van der Waals surface area contributed by atoms with Gasteiger partial charge in [-0.1, -0.05) is 48.5 Å². The standard InChI is InChI=1S/C27H32N4O2/c1-20(2)31-25(32)27(30(26(31)33)15-12-21-8-4-3-5-9-21)13-16-29(17-14-27)19-22-18-28-24-11-7-6-10-23(22)24/h3-11,18,20,28H,12-17,19H2,1-2H3. The Kier molecular flexibility index (Phi) is 5.71. The number of aromatic amines is 1. The summed E-state index contributed by atoms with van der Waals surface area (Å²) in [6.07, 6.45) is 4.20. The zero-order valence-corrected chi connectivity index (χ0v) is 19.5. The first-order valence-corrected chi connectivity index (χ1v) is 12.0. The van der Waals surface area contributed by atoms with Crippen LogP contribution in [-0.4, -0.2) is 62.8 Å². The van der Waals surface area contributed by atoms with Gasteiger partial charge in [0.15, 0.2) is 0 Å². The molecule has 1 aromatic heterocycles. The van der Waals surface area contributed by atoms with E-state index >= 15 is 0 Å². The van der Waals surface area contributed by atoms with Crippen molar-refractivity contribution in [1.29, 1.82) is 0 Å². The normalized spacial score (nSPS) is 18.9. The maximum atomic E-state index is 13.6. The number of hydrogen-bond acceptors (Lipinski definition) is 3. The lowest BCUT2D eigenvalue weighted by Gasteiger charge is -2.42. The van der Waals surface area contributed by atoms with Gasteiger partial charge in [-0.3, -0.25) is 14.6 Å². The van der Waals surface area contributed by atoms with Crippen LogP contribution >= 0.6 is 0 Å². The van der Waals surface area contributed by atoms with Gasteiger partial charge in [0.1, 0.15) is 5.54 Å². The largest absolute Gasteiger partial charge is 0.361 e. The minimum Gasteiger partial charge on any atom is -0.361 e. The van der Waals surface area contributed by atoms with Crippen LogP contribution in [0.4, 0.5) is 4.79 Å². The summed E-state index contributed by atoms with van der Waals surface area (Å²) in [5.41, 5.74) is 2.90. The van der Waals surface area contributed by atoms with Gasteiger partial charge in [0.25, 0.3) is 5.91 Å². The third-order valence-electron chi connectivity index (χ3n) is 7.31. The van der Waals surface area contributed by atoms with E-state index in [-0.39, 0.29) is 18.0 Å². The van der Waals surface area contributed by atoms with E-state index in [4.69, 9.17) is 0 Å². The second-order valence-corrected chi connectivity index (χ2v) is 9.61. The van der Waals surface area contributed by atoms with E-state index in [1.807, 2.05) is 43.0 Å². The van der Waals surface area contributed by atoms with E-state index < -0.39 is 5.54 Å². The van der Waals surface area contributed by atoms with Crippen LogP contribution in [-0.2, 0) is 17.8 Å². The molecule has 5 rings (SSSR count). The highest BCUT2D eigenvalue weighted by Crippen LogP contribution is 2.39. The molecule has 1 N–H and O–H groups in total. The van der Waals surface area contributed by atoms with Crippen LogP contribution in [0, 0.1) is 0 Å². The first-order chi connectivity index (χ1) is 16.0. The van der Waals surface area contributed by atoms with Gasteiger partial charge in [0.2, 0.25) is 0 Å². The molecular weight excluding hydrogens is 412 g/mol. The number of likely N-dealkylation sites (tertiary alicyclic amines) is 1. The van der Waals surface area contributed by atoms with Crippen molar-refractivity contribution in [3.63, 3.8) is 0 Å². The van der Waals surface area contributed by atoms with E-state index in [2.05, 4.69) is 46.4 Å². The fourth-order valence-corrected chi connectivity index (χ4v) is 5.46. The van der Waals surface area contributed by atoms with Crippen LogP contribution in [0.5, 0.6) is 0 Å². The third kappa shape index (κ3) is 3.82. The van der Waals surface area contributed by atoms with Crippen LogP contribution in [0.15, 0.2) is 60.8 Å². The summed E-state index contributed by atoms with van der Waals surface area (Å²) >= 11 is 0. The monoisotopic (exact) mass is 444 g/mol. The minimum atomic E-state index is -0.715. The lowest BCUT2D eigenvalue weighted by molar-refractivity contribution is -0.136. The van der Waals surface area contributed by atoms with Crippen molar-refractivity contribution >= 4 is 22.8 Å². The number of fused-ring (bicyclic) bond motifs is 1. The van der Waals surface area contributed by atoms with Gasteiger partial charge in [-0.2, -0.15) is 0 Å². The number of hydrogen-bond donors (Lipinski definition) is 1. The van der Waals surface area contributed by atoms with Crippen LogP contribution in [0.2, 0.25) is 0 Å². The number of nitrogens with zero attached hydrogens (tertiary/aromatic N) is 3. The summed E-state index contributed by atoms with van der Waals surface area (Å²) in [4.78, 5) is 36.1. The number of benzene rings is 2. The molecule has 0 aliphatic carbocycles. The molecule has 1 spiro atoms. The molecule has 3 heterocycles. The van der Waals surface area contributed by atoms with Crippen LogP contribution < -0.4 is 0 Å². The molecule has 6 nitrogen and oxygen atoms in total. The molecule has 3 amide bonds. The van der Waals surface area contributed by atoms with E-state index in [1.54, 1.807) is 0 Å². The number of carbonyl (C=O) groups excluding carboxylic acids is 2. The third-order valence-corrected chi connectivity index (χ3v) is 7.31. The topological polar surface area (TPSA) is 59.7 Å². The molecule has 2 aliphatic heterocycles. The second-order valence-electron chi connectivity index (χ2n) is 9.61. The number of carbonyl (C=O) groups is 2. The van der Waals surface area contributed by atoms with Crippen molar-refractivity contribution in [2.45, 2.75) is 51.2 Å². The summed E-state index contributed by atoms with van der Waals surface area (Å²) < 4.78 is 0. The minimum absolute atomic E-state index is 0.0118. The van der Waals surface area contributed by atoms with E-state index in [0.717, 1.165) is 31.6 Å². The summed E-state index contributed by atoms with van der Waals surface area (Å²) in [6, 6.07) is 18.3. The molecule has 2 aliphatic rings. The second kappa shape index (κ2) is 8.67. The SMILES string of the molecule is CC(C)N1C(=O)N(CCc2ccccc2)C2(CCN(Cc3c[nH]c4ccccc34)CC2)C1=O. The van der Waals surface area contributed by atoms with E-state index in [0.29, 0.717) is 19.4 Å². The number of urea groups is 1. The Morgan fingerprint density at radius 3 is 2.39 bits per heavy atom. The smallest absolute Gasteiger partial charge is 0.327 e. The number of nitrogens with one attached hydrogen (secondary N) is 1. The zero-order valence-electron chi connectivity index (χ0n) is 19.5. The predicted octanol–water partition coefficient (Wildman–Crippen LogP) is 4.42. The molecule has 0 radical (unpaired) electrons. The Hall–Kier alpha value is -3.12.